The van der Waals surface area contributed by atoms with Crippen LogP contribution in [0.2, 0.25) is 0 Å². The monoisotopic (exact) mass is 263 g/mol. The lowest BCUT2D eigenvalue weighted by atomic mass is 10.1. The Kier molecular flexibility index (Phi) is 5.06. The fourth-order valence-electron chi connectivity index (χ4n) is 1.54. The molecule has 19 heavy (non-hydrogen) atoms. The van der Waals surface area contributed by atoms with Gasteiger partial charge in [-0.25, -0.2) is 0 Å². The van der Waals surface area contributed by atoms with Crippen molar-refractivity contribution in [3.8, 4) is 0 Å². The van der Waals surface area contributed by atoms with Gasteiger partial charge in [-0.1, -0.05) is 6.07 Å². The summed E-state index contributed by atoms with van der Waals surface area (Å²) in [6.45, 7) is 7.26. The minimum atomic E-state index is -0.589. The predicted molar refractivity (Wildman–Crippen MR) is 76.1 cm³/mol. The fraction of sp³-hybridized carbons (Fsp3) is 0.429. The van der Waals surface area contributed by atoms with Crippen LogP contribution in [-0.4, -0.2) is 23.9 Å². The number of nitrogens with two attached hydrogens (primary N) is 1. The van der Waals surface area contributed by atoms with Crippen molar-refractivity contribution in [2.45, 2.75) is 39.8 Å². The first kappa shape index (κ1) is 15.2. The molecule has 5 heteroatoms. The molecule has 0 aliphatic rings. The van der Waals surface area contributed by atoms with E-state index in [1.165, 1.54) is 0 Å². The first-order chi connectivity index (χ1) is 8.81. The van der Waals surface area contributed by atoms with Crippen LogP contribution in [0.4, 0.5) is 5.69 Å². The summed E-state index contributed by atoms with van der Waals surface area (Å²) in [5, 5.41) is 5.50. The summed E-state index contributed by atoms with van der Waals surface area (Å²) < 4.78 is 0. The SMILES string of the molecule is Cc1ccc(NC(=O)[C@H](C)N)cc1C(=O)NC(C)C. The van der Waals surface area contributed by atoms with E-state index in [-0.39, 0.29) is 17.9 Å². The summed E-state index contributed by atoms with van der Waals surface area (Å²) in [5.74, 6) is -0.427. The summed E-state index contributed by atoms with van der Waals surface area (Å²) in [6, 6.07) is 4.68. The average molecular weight is 263 g/mol. The third-order valence-electron chi connectivity index (χ3n) is 2.58. The van der Waals surface area contributed by atoms with Gasteiger partial charge in [0.1, 0.15) is 0 Å². The van der Waals surface area contributed by atoms with Gasteiger partial charge in [0, 0.05) is 17.3 Å². The van der Waals surface area contributed by atoms with Crippen molar-refractivity contribution in [2.75, 3.05) is 5.32 Å². The molecule has 0 aromatic heterocycles. The zero-order valence-electron chi connectivity index (χ0n) is 11.8. The predicted octanol–water partition coefficient (Wildman–Crippen LogP) is 1.42. The molecule has 0 radical (unpaired) electrons. The van der Waals surface area contributed by atoms with E-state index in [9.17, 15) is 9.59 Å². The first-order valence-corrected chi connectivity index (χ1v) is 6.29. The molecule has 1 rings (SSSR count). The molecule has 1 aromatic carbocycles. The molecule has 0 fully saturated rings. The minimum Gasteiger partial charge on any atom is -0.350 e. The molecule has 0 unspecified atom stereocenters. The highest BCUT2D eigenvalue weighted by Crippen LogP contribution is 2.15. The van der Waals surface area contributed by atoms with Crippen molar-refractivity contribution < 1.29 is 9.59 Å². The third-order valence-corrected chi connectivity index (χ3v) is 2.58. The molecule has 0 aliphatic heterocycles. The quantitative estimate of drug-likeness (QED) is 0.768. The van der Waals surface area contributed by atoms with Crippen LogP contribution >= 0.6 is 0 Å². The number of carbonyl (C=O) groups is 2. The summed E-state index contributed by atoms with van der Waals surface area (Å²) in [4.78, 5) is 23.5. The molecule has 0 spiro atoms. The lowest BCUT2D eigenvalue weighted by molar-refractivity contribution is -0.117. The maximum Gasteiger partial charge on any atom is 0.251 e. The van der Waals surface area contributed by atoms with Gasteiger partial charge < -0.3 is 16.4 Å². The second-order valence-corrected chi connectivity index (χ2v) is 4.94. The average Bonchev–Trinajstić information content (AvgIpc) is 2.30. The van der Waals surface area contributed by atoms with Gasteiger partial charge in [0.15, 0.2) is 0 Å². The van der Waals surface area contributed by atoms with Crippen LogP contribution in [0.15, 0.2) is 18.2 Å². The molecular weight excluding hydrogens is 242 g/mol. The summed E-state index contributed by atoms with van der Waals surface area (Å²) in [7, 11) is 0. The van der Waals surface area contributed by atoms with Crippen LogP contribution in [0.25, 0.3) is 0 Å². The molecule has 2 amide bonds. The van der Waals surface area contributed by atoms with Gasteiger partial charge in [0.25, 0.3) is 5.91 Å². The Hall–Kier alpha value is -1.88. The molecule has 5 nitrogen and oxygen atoms in total. The van der Waals surface area contributed by atoms with Crippen LogP contribution in [0, 0.1) is 6.92 Å². The van der Waals surface area contributed by atoms with E-state index < -0.39 is 6.04 Å². The molecule has 1 aromatic rings. The Balaban J connectivity index is 2.94. The smallest absolute Gasteiger partial charge is 0.251 e. The van der Waals surface area contributed by atoms with E-state index in [2.05, 4.69) is 10.6 Å². The van der Waals surface area contributed by atoms with Gasteiger partial charge in [-0.15, -0.1) is 0 Å². The number of nitrogens with one attached hydrogen (secondary N) is 2. The fourth-order valence-corrected chi connectivity index (χ4v) is 1.54. The largest absolute Gasteiger partial charge is 0.350 e. The number of hydrogen-bond donors (Lipinski definition) is 3. The maximum atomic E-state index is 12.0. The van der Waals surface area contributed by atoms with E-state index in [0.29, 0.717) is 11.3 Å². The molecular formula is C14H21N3O2. The Bertz CT molecular complexity index is 482. The maximum absolute atomic E-state index is 12.0. The van der Waals surface area contributed by atoms with Gasteiger partial charge in [-0.2, -0.15) is 0 Å². The third kappa shape index (κ3) is 4.37. The van der Waals surface area contributed by atoms with Crippen molar-refractivity contribution in [2.24, 2.45) is 5.73 Å². The summed E-state index contributed by atoms with van der Waals surface area (Å²) >= 11 is 0. The molecule has 4 N–H and O–H groups in total. The normalized spacial score (nSPS) is 12.1. The van der Waals surface area contributed by atoms with Crippen molar-refractivity contribution in [1.29, 1.82) is 0 Å². The molecule has 0 saturated carbocycles. The lowest BCUT2D eigenvalue weighted by Crippen LogP contribution is -2.33. The number of benzene rings is 1. The summed E-state index contributed by atoms with van der Waals surface area (Å²) in [6.07, 6.45) is 0. The van der Waals surface area contributed by atoms with E-state index in [1.807, 2.05) is 20.8 Å². The standard InChI is InChI=1S/C14H21N3O2/c1-8(2)16-14(19)12-7-11(6-5-9(12)3)17-13(18)10(4)15/h5-8,10H,15H2,1-4H3,(H,16,19)(H,17,18)/t10-/m0/s1. The van der Waals surface area contributed by atoms with E-state index in [0.717, 1.165) is 5.56 Å². The van der Waals surface area contributed by atoms with Crippen LogP contribution in [0.1, 0.15) is 36.7 Å². The number of amides is 2. The van der Waals surface area contributed by atoms with Gasteiger partial charge >= 0.3 is 0 Å². The number of hydrogen-bond acceptors (Lipinski definition) is 3. The van der Waals surface area contributed by atoms with E-state index in [1.54, 1.807) is 25.1 Å². The first-order valence-electron chi connectivity index (χ1n) is 6.29. The Morgan fingerprint density at radius 3 is 2.37 bits per heavy atom. The molecule has 1 atom stereocenters. The van der Waals surface area contributed by atoms with Gasteiger partial charge in [0.05, 0.1) is 6.04 Å². The second kappa shape index (κ2) is 6.33. The number of rotatable bonds is 4. The Labute approximate surface area is 113 Å². The lowest BCUT2D eigenvalue weighted by Gasteiger charge is -2.13. The number of anilines is 1. The molecule has 0 bridgehead atoms. The zero-order valence-corrected chi connectivity index (χ0v) is 11.8. The summed E-state index contributed by atoms with van der Waals surface area (Å²) in [5.41, 5.74) is 7.47. The highest BCUT2D eigenvalue weighted by atomic mass is 16.2. The highest BCUT2D eigenvalue weighted by molar-refractivity contribution is 5.99. The minimum absolute atomic E-state index is 0.0641. The number of carbonyl (C=O) groups excluding carboxylic acids is 2. The second-order valence-electron chi connectivity index (χ2n) is 4.94. The number of aryl methyl sites for hydroxylation is 1. The topological polar surface area (TPSA) is 84.2 Å². The molecule has 0 aliphatic carbocycles. The zero-order chi connectivity index (χ0) is 14.6. The van der Waals surface area contributed by atoms with Crippen LogP contribution < -0.4 is 16.4 Å². The van der Waals surface area contributed by atoms with Crippen molar-refractivity contribution in [3.63, 3.8) is 0 Å². The van der Waals surface area contributed by atoms with Crippen molar-refractivity contribution >= 4 is 17.5 Å². The molecule has 0 saturated heterocycles. The molecule has 0 heterocycles. The highest BCUT2D eigenvalue weighted by Gasteiger charge is 2.13. The van der Waals surface area contributed by atoms with Crippen LogP contribution in [0.5, 0.6) is 0 Å². The molecule has 104 valence electrons. The van der Waals surface area contributed by atoms with E-state index in [4.69, 9.17) is 5.73 Å². The Morgan fingerprint density at radius 1 is 1.21 bits per heavy atom. The van der Waals surface area contributed by atoms with Gasteiger partial charge in [0.2, 0.25) is 5.91 Å². The Morgan fingerprint density at radius 2 is 1.84 bits per heavy atom. The van der Waals surface area contributed by atoms with E-state index >= 15 is 0 Å². The van der Waals surface area contributed by atoms with Crippen molar-refractivity contribution in [3.05, 3.63) is 29.3 Å². The van der Waals surface area contributed by atoms with Gasteiger partial charge in [-0.3, -0.25) is 9.59 Å². The van der Waals surface area contributed by atoms with Crippen LogP contribution in [0.3, 0.4) is 0 Å². The van der Waals surface area contributed by atoms with Crippen LogP contribution in [-0.2, 0) is 4.79 Å². The van der Waals surface area contributed by atoms with Crippen molar-refractivity contribution in [1.82, 2.24) is 5.32 Å². The van der Waals surface area contributed by atoms with Gasteiger partial charge in [-0.05, 0) is 45.4 Å².